The van der Waals surface area contributed by atoms with Crippen LogP contribution in [0.15, 0.2) is 66.7 Å². The van der Waals surface area contributed by atoms with Crippen LogP contribution in [0.1, 0.15) is 26.3 Å². The van der Waals surface area contributed by atoms with Crippen molar-refractivity contribution in [1.29, 1.82) is 0 Å². The summed E-state index contributed by atoms with van der Waals surface area (Å²) in [4.78, 5) is 38.3. The second kappa shape index (κ2) is 10.1. The minimum absolute atomic E-state index is 0.102. The normalized spacial score (nSPS) is 12.2. The topological polar surface area (TPSA) is 114 Å². The van der Waals surface area contributed by atoms with Crippen LogP contribution in [0.3, 0.4) is 0 Å². The fourth-order valence-electron chi connectivity index (χ4n) is 3.87. The molecule has 3 aromatic rings. The number of rotatable bonds is 8. The Balaban J connectivity index is 1.44. The number of fused-ring (bicyclic) bond motifs is 1. The van der Waals surface area contributed by atoms with Crippen molar-refractivity contribution in [2.75, 3.05) is 42.3 Å². The van der Waals surface area contributed by atoms with Crippen LogP contribution in [0.25, 0.3) is 0 Å². The summed E-state index contributed by atoms with van der Waals surface area (Å²) in [7, 11) is 1.54. The summed E-state index contributed by atoms with van der Waals surface area (Å²) in [5, 5.41) is 17.1. The van der Waals surface area contributed by atoms with E-state index in [2.05, 4.69) is 10.6 Å². The molecule has 0 radical (unpaired) electrons. The van der Waals surface area contributed by atoms with Gasteiger partial charge in [-0.15, -0.1) is 0 Å². The average molecular weight is 460 g/mol. The number of hydrogen-bond acceptors (Lipinski definition) is 6. The van der Waals surface area contributed by atoms with Crippen LogP contribution in [0.2, 0.25) is 0 Å². The number of amides is 2. The highest BCUT2D eigenvalue weighted by molar-refractivity contribution is 6.08. The van der Waals surface area contributed by atoms with Crippen LogP contribution < -0.4 is 15.5 Å². The van der Waals surface area contributed by atoms with E-state index in [1.165, 1.54) is 25.3 Å². The van der Waals surface area contributed by atoms with Crippen molar-refractivity contribution in [3.63, 3.8) is 0 Å². The van der Waals surface area contributed by atoms with Crippen molar-refractivity contribution >= 4 is 34.6 Å². The Morgan fingerprint density at radius 2 is 1.79 bits per heavy atom. The first-order chi connectivity index (χ1) is 16.5. The van der Waals surface area contributed by atoms with Crippen LogP contribution >= 0.6 is 0 Å². The molecule has 0 saturated heterocycles. The molecule has 0 aromatic heterocycles. The number of nitrogens with one attached hydrogen (secondary N) is 2. The Labute approximate surface area is 196 Å². The van der Waals surface area contributed by atoms with E-state index in [1.54, 1.807) is 29.2 Å². The first kappa shape index (κ1) is 22.9. The summed E-state index contributed by atoms with van der Waals surface area (Å²) >= 11 is 0. The quantitative estimate of drug-likeness (QED) is 0.297. The van der Waals surface area contributed by atoms with Crippen LogP contribution in [0, 0.1) is 10.1 Å². The molecule has 3 aromatic carbocycles. The van der Waals surface area contributed by atoms with Gasteiger partial charge >= 0.3 is 0 Å². The highest BCUT2D eigenvalue weighted by Crippen LogP contribution is 2.29. The third kappa shape index (κ3) is 4.89. The second-order valence-electron chi connectivity index (χ2n) is 7.78. The zero-order valence-corrected chi connectivity index (χ0v) is 18.6. The molecule has 0 atom stereocenters. The number of anilines is 3. The van der Waals surface area contributed by atoms with Gasteiger partial charge < -0.3 is 20.3 Å². The van der Waals surface area contributed by atoms with Gasteiger partial charge in [0.05, 0.1) is 11.5 Å². The SMILES string of the molecule is COCCNc1ccc(C(=O)Nc2ccc(C(=O)N3CCc4ccccc43)cc2)cc1[N+](=O)[O-]. The average Bonchev–Trinajstić information content (AvgIpc) is 3.28. The molecule has 9 nitrogen and oxygen atoms in total. The van der Waals surface area contributed by atoms with Crippen molar-refractivity contribution < 1.29 is 19.2 Å². The third-order valence-electron chi connectivity index (χ3n) is 5.60. The number of ether oxygens (including phenoxy) is 1. The van der Waals surface area contributed by atoms with Gasteiger partial charge in [0.1, 0.15) is 5.69 Å². The van der Waals surface area contributed by atoms with Crippen molar-refractivity contribution in [2.24, 2.45) is 0 Å². The second-order valence-corrected chi connectivity index (χ2v) is 7.78. The van der Waals surface area contributed by atoms with E-state index in [4.69, 9.17) is 4.74 Å². The van der Waals surface area contributed by atoms with Gasteiger partial charge in [0, 0.05) is 48.8 Å². The summed E-state index contributed by atoms with van der Waals surface area (Å²) in [5.74, 6) is -0.589. The van der Waals surface area contributed by atoms with Crippen LogP contribution in [0.5, 0.6) is 0 Å². The monoisotopic (exact) mass is 460 g/mol. The lowest BCUT2D eigenvalue weighted by molar-refractivity contribution is -0.384. The predicted molar refractivity (Wildman–Crippen MR) is 130 cm³/mol. The van der Waals surface area contributed by atoms with Gasteiger partial charge in [0.2, 0.25) is 0 Å². The maximum Gasteiger partial charge on any atom is 0.293 e. The number of para-hydroxylation sites is 1. The molecule has 0 unspecified atom stereocenters. The predicted octanol–water partition coefficient (Wildman–Crippen LogP) is 4.11. The molecular formula is C25H24N4O5. The molecule has 1 aliphatic heterocycles. The van der Waals surface area contributed by atoms with Gasteiger partial charge in [-0.05, 0) is 54.4 Å². The largest absolute Gasteiger partial charge is 0.383 e. The van der Waals surface area contributed by atoms with Crippen LogP contribution in [-0.4, -0.2) is 43.5 Å². The molecular weight excluding hydrogens is 436 g/mol. The molecule has 2 amide bonds. The van der Waals surface area contributed by atoms with Crippen molar-refractivity contribution in [3.8, 4) is 0 Å². The van der Waals surface area contributed by atoms with E-state index in [0.29, 0.717) is 36.6 Å². The number of nitro groups is 1. The van der Waals surface area contributed by atoms with Crippen LogP contribution in [-0.2, 0) is 11.2 Å². The van der Waals surface area contributed by atoms with E-state index in [9.17, 15) is 19.7 Å². The fraction of sp³-hybridized carbons (Fsp3) is 0.200. The highest BCUT2D eigenvalue weighted by Gasteiger charge is 2.25. The summed E-state index contributed by atoms with van der Waals surface area (Å²) in [6.45, 7) is 1.42. The fourth-order valence-corrected chi connectivity index (χ4v) is 3.87. The summed E-state index contributed by atoms with van der Waals surface area (Å²) in [6, 6.07) is 18.7. The zero-order chi connectivity index (χ0) is 24.1. The standard InChI is InChI=1S/C25H24N4O5/c1-34-15-13-26-21-11-8-19(16-23(21)29(32)33)24(30)27-20-9-6-18(7-10-20)25(31)28-14-12-17-4-2-3-5-22(17)28/h2-11,16,26H,12-15H2,1H3,(H,27,30). The van der Waals surface area contributed by atoms with Crippen molar-refractivity contribution in [2.45, 2.75) is 6.42 Å². The van der Waals surface area contributed by atoms with Crippen molar-refractivity contribution in [3.05, 3.63) is 93.5 Å². The molecule has 1 aliphatic rings. The first-order valence-electron chi connectivity index (χ1n) is 10.8. The molecule has 34 heavy (non-hydrogen) atoms. The summed E-state index contributed by atoms with van der Waals surface area (Å²) in [5.41, 5.74) is 3.32. The molecule has 0 aliphatic carbocycles. The third-order valence-corrected chi connectivity index (χ3v) is 5.60. The number of benzene rings is 3. The van der Waals surface area contributed by atoms with Gasteiger partial charge in [0.15, 0.2) is 0 Å². The number of nitro benzene ring substituents is 1. The number of carbonyl (C=O) groups excluding carboxylic acids is 2. The van der Waals surface area contributed by atoms with Gasteiger partial charge in [-0.1, -0.05) is 18.2 Å². The molecule has 0 bridgehead atoms. The molecule has 1 heterocycles. The Hall–Kier alpha value is -4.24. The Kier molecular flexibility index (Phi) is 6.84. The molecule has 0 fully saturated rings. The Morgan fingerprint density at radius 1 is 1.06 bits per heavy atom. The van der Waals surface area contributed by atoms with Gasteiger partial charge in [-0.3, -0.25) is 19.7 Å². The molecule has 2 N–H and O–H groups in total. The lowest BCUT2D eigenvalue weighted by atomic mass is 10.1. The summed E-state index contributed by atoms with van der Waals surface area (Å²) < 4.78 is 4.94. The van der Waals surface area contributed by atoms with E-state index >= 15 is 0 Å². The summed E-state index contributed by atoms with van der Waals surface area (Å²) in [6.07, 6.45) is 0.822. The molecule has 0 saturated carbocycles. The van der Waals surface area contributed by atoms with Gasteiger partial charge in [-0.25, -0.2) is 0 Å². The maximum absolute atomic E-state index is 13.0. The molecule has 4 rings (SSSR count). The van der Waals surface area contributed by atoms with Gasteiger partial charge in [-0.2, -0.15) is 0 Å². The van der Waals surface area contributed by atoms with Gasteiger partial charge in [0.25, 0.3) is 17.5 Å². The van der Waals surface area contributed by atoms with Crippen molar-refractivity contribution in [1.82, 2.24) is 0 Å². The Bertz CT molecular complexity index is 1230. The molecule has 0 spiro atoms. The minimum atomic E-state index is -0.539. The number of hydrogen-bond donors (Lipinski definition) is 2. The number of nitrogens with zero attached hydrogens (tertiary/aromatic N) is 2. The first-order valence-corrected chi connectivity index (χ1v) is 10.8. The number of carbonyl (C=O) groups is 2. The lowest BCUT2D eigenvalue weighted by Gasteiger charge is -2.17. The van der Waals surface area contributed by atoms with E-state index in [1.807, 2.05) is 24.3 Å². The maximum atomic E-state index is 13.0. The van der Waals surface area contributed by atoms with E-state index < -0.39 is 10.8 Å². The lowest BCUT2D eigenvalue weighted by Crippen LogP contribution is -2.28. The zero-order valence-electron chi connectivity index (χ0n) is 18.6. The van der Waals surface area contributed by atoms with Crippen LogP contribution in [0.4, 0.5) is 22.7 Å². The minimum Gasteiger partial charge on any atom is -0.383 e. The van der Waals surface area contributed by atoms with E-state index in [-0.39, 0.29) is 17.2 Å². The number of methoxy groups -OCH3 is 1. The highest BCUT2D eigenvalue weighted by atomic mass is 16.6. The van der Waals surface area contributed by atoms with E-state index in [0.717, 1.165) is 17.7 Å². The smallest absolute Gasteiger partial charge is 0.293 e. The molecule has 174 valence electrons. The molecule has 9 heteroatoms. The Morgan fingerprint density at radius 3 is 2.53 bits per heavy atom.